The number of likely N-dealkylation sites (N-methyl/N-ethyl adjacent to an activating group) is 1. The lowest BCUT2D eigenvalue weighted by Gasteiger charge is -2.08. The van der Waals surface area contributed by atoms with E-state index in [1.165, 1.54) is 12.1 Å². The van der Waals surface area contributed by atoms with Gasteiger partial charge in [0, 0.05) is 17.6 Å². The monoisotopic (exact) mass is 326 g/mol. The van der Waals surface area contributed by atoms with Gasteiger partial charge in [-0.05, 0) is 25.2 Å². The molecule has 4 nitrogen and oxygen atoms in total. The van der Waals surface area contributed by atoms with Crippen LogP contribution in [0.1, 0.15) is 0 Å². The van der Waals surface area contributed by atoms with E-state index in [-0.39, 0.29) is 9.92 Å². The highest BCUT2D eigenvalue weighted by atomic mass is 79.9. The average Bonchev–Trinajstić information content (AvgIpc) is 2.22. The normalized spacial score (nSPS) is 11.7. The van der Waals surface area contributed by atoms with E-state index in [1.807, 2.05) is 0 Å². The van der Waals surface area contributed by atoms with Crippen LogP contribution in [-0.4, -0.2) is 28.6 Å². The van der Waals surface area contributed by atoms with Crippen LogP contribution >= 0.6 is 27.5 Å². The second-order valence-corrected chi connectivity index (χ2v) is 6.13. The van der Waals surface area contributed by atoms with Gasteiger partial charge in [0.15, 0.2) is 0 Å². The van der Waals surface area contributed by atoms with Gasteiger partial charge in [-0.25, -0.2) is 13.1 Å². The smallest absolute Gasteiger partial charge is 0.242 e. The summed E-state index contributed by atoms with van der Waals surface area (Å²) in [6, 6.07) is 4.71. The lowest BCUT2D eigenvalue weighted by molar-refractivity contribution is 0.579. The summed E-state index contributed by atoms with van der Waals surface area (Å²) in [4.78, 5) is 0.0830. The first-order chi connectivity index (χ1) is 7.47. The first kappa shape index (κ1) is 13.9. The van der Waals surface area contributed by atoms with E-state index in [2.05, 4.69) is 26.0 Å². The van der Waals surface area contributed by atoms with Crippen molar-refractivity contribution >= 4 is 37.6 Å². The summed E-state index contributed by atoms with van der Waals surface area (Å²) in [5.74, 6) is 0. The summed E-state index contributed by atoms with van der Waals surface area (Å²) >= 11 is 9.05. The zero-order valence-corrected chi connectivity index (χ0v) is 11.8. The molecule has 0 heterocycles. The maximum Gasteiger partial charge on any atom is 0.242 e. The molecule has 0 unspecified atom stereocenters. The van der Waals surface area contributed by atoms with Crippen LogP contribution in [0.2, 0.25) is 5.02 Å². The largest absolute Gasteiger partial charge is 0.318 e. The van der Waals surface area contributed by atoms with Gasteiger partial charge in [-0.1, -0.05) is 27.5 Å². The van der Waals surface area contributed by atoms with Gasteiger partial charge in [-0.2, -0.15) is 0 Å². The van der Waals surface area contributed by atoms with E-state index in [0.29, 0.717) is 17.6 Å². The molecule has 0 atom stereocenters. The van der Waals surface area contributed by atoms with Crippen molar-refractivity contribution < 1.29 is 8.42 Å². The Bertz CT molecular complexity index is 465. The van der Waals surface area contributed by atoms with E-state index in [0.717, 1.165) is 0 Å². The number of rotatable bonds is 5. The zero-order chi connectivity index (χ0) is 12.2. The predicted molar refractivity (Wildman–Crippen MR) is 68.3 cm³/mol. The van der Waals surface area contributed by atoms with E-state index in [4.69, 9.17) is 11.6 Å². The lowest BCUT2D eigenvalue weighted by Crippen LogP contribution is -2.30. The second-order valence-electron chi connectivity index (χ2n) is 3.08. The molecule has 16 heavy (non-hydrogen) atoms. The molecule has 1 rings (SSSR count). The van der Waals surface area contributed by atoms with E-state index in [9.17, 15) is 8.42 Å². The molecule has 0 amide bonds. The van der Waals surface area contributed by atoms with Crippen molar-refractivity contribution in [2.75, 3.05) is 20.1 Å². The minimum absolute atomic E-state index is 0.0830. The van der Waals surface area contributed by atoms with Gasteiger partial charge in [0.2, 0.25) is 10.0 Å². The fourth-order valence-corrected chi connectivity index (χ4v) is 3.14. The van der Waals surface area contributed by atoms with Crippen LogP contribution < -0.4 is 10.0 Å². The average molecular weight is 328 g/mol. The summed E-state index contributed by atoms with van der Waals surface area (Å²) in [5.41, 5.74) is 0. The van der Waals surface area contributed by atoms with E-state index >= 15 is 0 Å². The third-order valence-electron chi connectivity index (χ3n) is 1.85. The molecule has 0 spiro atoms. The summed E-state index contributed by atoms with van der Waals surface area (Å²) in [6.45, 7) is 0.881. The number of hydrogen-bond donors (Lipinski definition) is 2. The third-order valence-corrected chi connectivity index (χ3v) is 4.29. The predicted octanol–water partition coefficient (Wildman–Crippen LogP) is 1.60. The minimum atomic E-state index is -3.54. The van der Waals surface area contributed by atoms with Gasteiger partial charge in [0.05, 0.1) is 5.02 Å². The highest BCUT2D eigenvalue weighted by Crippen LogP contribution is 2.24. The van der Waals surface area contributed by atoms with Gasteiger partial charge >= 0.3 is 0 Å². The maximum absolute atomic E-state index is 11.8. The molecule has 1 aromatic rings. The molecule has 7 heteroatoms. The molecular weight excluding hydrogens is 316 g/mol. The van der Waals surface area contributed by atoms with Crippen molar-refractivity contribution in [3.05, 3.63) is 27.7 Å². The second kappa shape index (κ2) is 5.97. The van der Waals surface area contributed by atoms with Crippen LogP contribution in [0.15, 0.2) is 27.6 Å². The van der Waals surface area contributed by atoms with Crippen LogP contribution in [0.3, 0.4) is 0 Å². The van der Waals surface area contributed by atoms with E-state index in [1.54, 1.807) is 13.1 Å². The van der Waals surface area contributed by atoms with Crippen LogP contribution in [0.25, 0.3) is 0 Å². The Hall–Kier alpha value is -0.140. The Balaban J connectivity index is 2.93. The summed E-state index contributed by atoms with van der Waals surface area (Å²) in [7, 11) is -1.79. The highest BCUT2D eigenvalue weighted by molar-refractivity contribution is 9.10. The Labute approximate surface area is 109 Å². The molecule has 0 radical (unpaired) electrons. The molecular formula is C9H12BrClN2O2S. The first-order valence-corrected chi connectivity index (χ1v) is 7.22. The fraction of sp³-hybridized carbons (Fsp3) is 0.333. The molecule has 0 aromatic heterocycles. The van der Waals surface area contributed by atoms with E-state index < -0.39 is 10.0 Å². The van der Waals surface area contributed by atoms with Gasteiger partial charge in [-0.3, -0.25) is 0 Å². The van der Waals surface area contributed by atoms with Crippen molar-refractivity contribution in [2.24, 2.45) is 0 Å². The zero-order valence-electron chi connectivity index (χ0n) is 8.63. The number of sulfonamides is 1. The molecule has 0 aliphatic heterocycles. The summed E-state index contributed by atoms with van der Waals surface area (Å²) < 4.78 is 26.8. The third kappa shape index (κ3) is 3.71. The number of benzene rings is 1. The van der Waals surface area contributed by atoms with Gasteiger partial charge < -0.3 is 5.32 Å². The molecule has 0 fully saturated rings. The molecule has 0 saturated heterocycles. The standard InChI is InChI=1S/C9H12BrClN2O2S/c1-12-4-5-13-16(14,15)9-6-7(10)2-3-8(9)11/h2-3,6,12-13H,4-5H2,1H3. The number of hydrogen-bond acceptors (Lipinski definition) is 3. The fourth-order valence-electron chi connectivity index (χ4n) is 1.07. The Kier molecular flexibility index (Phi) is 5.20. The Morgan fingerprint density at radius 1 is 1.38 bits per heavy atom. The molecule has 90 valence electrons. The molecule has 1 aromatic carbocycles. The van der Waals surface area contributed by atoms with Gasteiger partial charge in [0.1, 0.15) is 4.90 Å². The Morgan fingerprint density at radius 2 is 2.06 bits per heavy atom. The van der Waals surface area contributed by atoms with Gasteiger partial charge in [0.25, 0.3) is 0 Å². The van der Waals surface area contributed by atoms with Gasteiger partial charge in [-0.15, -0.1) is 0 Å². The topological polar surface area (TPSA) is 58.2 Å². The van der Waals surface area contributed by atoms with Crippen LogP contribution in [0.4, 0.5) is 0 Å². The highest BCUT2D eigenvalue weighted by Gasteiger charge is 2.17. The molecule has 0 aliphatic rings. The van der Waals surface area contributed by atoms with Crippen molar-refractivity contribution in [1.82, 2.24) is 10.0 Å². The minimum Gasteiger partial charge on any atom is -0.318 e. The Morgan fingerprint density at radius 3 is 2.69 bits per heavy atom. The summed E-state index contributed by atoms with van der Waals surface area (Å²) in [5, 5.41) is 3.06. The van der Waals surface area contributed by atoms with Crippen LogP contribution in [-0.2, 0) is 10.0 Å². The van der Waals surface area contributed by atoms with Crippen molar-refractivity contribution in [3.63, 3.8) is 0 Å². The summed E-state index contributed by atoms with van der Waals surface area (Å²) in [6.07, 6.45) is 0. The molecule has 0 saturated carbocycles. The van der Waals surface area contributed by atoms with Crippen molar-refractivity contribution in [2.45, 2.75) is 4.90 Å². The first-order valence-electron chi connectivity index (χ1n) is 4.56. The SMILES string of the molecule is CNCCNS(=O)(=O)c1cc(Br)ccc1Cl. The molecule has 0 bridgehead atoms. The number of halogens is 2. The molecule has 0 aliphatic carbocycles. The maximum atomic E-state index is 11.8. The number of nitrogens with one attached hydrogen (secondary N) is 2. The quantitative estimate of drug-likeness (QED) is 0.808. The van der Waals surface area contributed by atoms with Crippen molar-refractivity contribution in [1.29, 1.82) is 0 Å². The lowest BCUT2D eigenvalue weighted by atomic mass is 10.4. The van der Waals surface area contributed by atoms with Crippen LogP contribution in [0, 0.1) is 0 Å². The molecule has 2 N–H and O–H groups in total. The van der Waals surface area contributed by atoms with Crippen LogP contribution in [0.5, 0.6) is 0 Å². The van der Waals surface area contributed by atoms with Crippen molar-refractivity contribution in [3.8, 4) is 0 Å².